The van der Waals surface area contributed by atoms with Crippen LogP contribution in [-0.2, 0) is 10.0 Å². The van der Waals surface area contributed by atoms with Crippen molar-refractivity contribution in [2.24, 2.45) is 0 Å². The molecule has 8 heteroatoms. The zero-order valence-electron chi connectivity index (χ0n) is 14.3. The van der Waals surface area contributed by atoms with E-state index in [2.05, 4.69) is 9.46 Å². The first-order chi connectivity index (χ1) is 12.8. The van der Waals surface area contributed by atoms with Crippen LogP contribution in [0.2, 0.25) is 0 Å². The summed E-state index contributed by atoms with van der Waals surface area (Å²) in [5.74, 6) is 0.0114. The van der Waals surface area contributed by atoms with Crippen molar-refractivity contribution in [2.45, 2.75) is 23.8 Å². The summed E-state index contributed by atoms with van der Waals surface area (Å²) in [5, 5.41) is 0. The van der Waals surface area contributed by atoms with Crippen LogP contribution < -0.4 is 9.46 Å². The van der Waals surface area contributed by atoms with E-state index in [1.165, 1.54) is 23.5 Å². The van der Waals surface area contributed by atoms with E-state index in [9.17, 15) is 17.2 Å². The standard InChI is InChI=1S/C19H17F2NO3S2/c1-13-7-12-17(26-13)27(23,24)22-18(14-5-3-2-4-6-14)15-8-10-16(11-9-15)25-19(20)21/h2-12,18-19,22H,1H3/t18-/m0/s1. The SMILES string of the molecule is Cc1ccc(S(=O)(=O)N[C@@H](c2ccccc2)c2ccc(OC(F)F)cc2)s1. The molecule has 0 fully saturated rings. The molecule has 0 saturated heterocycles. The maximum Gasteiger partial charge on any atom is 0.387 e. The number of hydrogen-bond donors (Lipinski definition) is 1. The molecule has 0 bridgehead atoms. The van der Waals surface area contributed by atoms with Gasteiger partial charge in [-0.1, -0.05) is 42.5 Å². The third-order valence-corrected chi connectivity index (χ3v) is 6.74. The average Bonchev–Trinajstić information content (AvgIpc) is 3.08. The minimum Gasteiger partial charge on any atom is -0.435 e. The van der Waals surface area contributed by atoms with E-state index in [-0.39, 0.29) is 9.96 Å². The van der Waals surface area contributed by atoms with Crippen molar-refractivity contribution >= 4 is 21.4 Å². The van der Waals surface area contributed by atoms with Gasteiger partial charge in [-0.25, -0.2) is 8.42 Å². The summed E-state index contributed by atoms with van der Waals surface area (Å²) in [6, 6.07) is 17.6. The molecule has 1 heterocycles. The van der Waals surface area contributed by atoms with Crippen molar-refractivity contribution in [1.29, 1.82) is 0 Å². The van der Waals surface area contributed by atoms with Crippen LogP contribution in [0.4, 0.5) is 8.78 Å². The molecule has 0 unspecified atom stereocenters. The smallest absolute Gasteiger partial charge is 0.387 e. The normalized spacial score (nSPS) is 12.9. The van der Waals surface area contributed by atoms with Crippen LogP contribution in [0.25, 0.3) is 0 Å². The number of halogens is 2. The number of sulfonamides is 1. The summed E-state index contributed by atoms with van der Waals surface area (Å²) in [4.78, 5) is 0.889. The molecule has 4 nitrogen and oxygen atoms in total. The molecule has 0 spiro atoms. The predicted molar refractivity (Wildman–Crippen MR) is 101 cm³/mol. The fourth-order valence-electron chi connectivity index (χ4n) is 2.59. The zero-order valence-corrected chi connectivity index (χ0v) is 15.9. The quantitative estimate of drug-likeness (QED) is 0.614. The highest BCUT2D eigenvalue weighted by molar-refractivity contribution is 7.91. The first-order valence-corrected chi connectivity index (χ1v) is 10.3. The van der Waals surface area contributed by atoms with Crippen molar-refractivity contribution in [2.75, 3.05) is 0 Å². The van der Waals surface area contributed by atoms with E-state index in [0.29, 0.717) is 5.56 Å². The first kappa shape index (κ1) is 19.5. The minimum atomic E-state index is -3.75. The average molecular weight is 409 g/mol. The van der Waals surface area contributed by atoms with E-state index >= 15 is 0 Å². The van der Waals surface area contributed by atoms with E-state index in [0.717, 1.165) is 10.4 Å². The summed E-state index contributed by atoms with van der Waals surface area (Å²) >= 11 is 1.18. The molecule has 3 rings (SSSR count). The van der Waals surface area contributed by atoms with E-state index in [1.54, 1.807) is 48.5 Å². The Morgan fingerprint density at radius 1 is 0.926 bits per heavy atom. The summed E-state index contributed by atoms with van der Waals surface area (Å²) in [6.45, 7) is -1.08. The van der Waals surface area contributed by atoms with Gasteiger partial charge in [0.15, 0.2) is 0 Å². The Kier molecular flexibility index (Phi) is 5.88. The van der Waals surface area contributed by atoms with Gasteiger partial charge in [0.2, 0.25) is 0 Å². The van der Waals surface area contributed by atoms with Crippen molar-refractivity contribution in [1.82, 2.24) is 4.72 Å². The predicted octanol–water partition coefficient (Wildman–Crippen LogP) is 4.73. The van der Waals surface area contributed by atoms with Gasteiger partial charge in [0.25, 0.3) is 10.0 Å². The molecule has 0 aliphatic heterocycles. The number of benzene rings is 2. The van der Waals surface area contributed by atoms with Crippen LogP contribution in [0.15, 0.2) is 70.9 Å². The summed E-state index contributed by atoms with van der Waals surface area (Å²) in [5.41, 5.74) is 1.34. The molecule has 27 heavy (non-hydrogen) atoms. The molecule has 1 N–H and O–H groups in total. The maximum atomic E-state index is 12.8. The number of alkyl halides is 2. The van der Waals surface area contributed by atoms with E-state index in [4.69, 9.17) is 0 Å². The lowest BCUT2D eigenvalue weighted by atomic mass is 10.00. The summed E-state index contributed by atoms with van der Waals surface area (Å²) < 4.78 is 57.6. The van der Waals surface area contributed by atoms with E-state index in [1.807, 2.05) is 13.0 Å². The number of thiophene rings is 1. The molecular weight excluding hydrogens is 392 g/mol. The van der Waals surface area contributed by atoms with Gasteiger partial charge in [-0.15, -0.1) is 11.3 Å². The van der Waals surface area contributed by atoms with Crippen LogP contribution >= 0.6 is 11.3 Å². The number of aryl methyl sites for hydroxylation is 1. The molecule has 1 atom stereocenters. The topological polar surface area (TPSA) is 55.4 Å². The van der Waals surface area contributed by atoms with Crippen LogP contribution in [0.3, 0.4) is 0 Å². The second-order valence-corrected chi connectivity index (χ2v) is 9.01. The molecule has 0 aliphatic rings. The Hall–Kier alpha value is -2.29. The minimum absolute atomic E-state index is 0.0114. The molecule has 0 radical (unpaired) electrons. The molecule has 0 saturated carbocycles. The Balaban J connectivity index is 1.95. The summed E-state index contributed by atoms with van der Waals surface area (Å²) in [6.07, 6.45) is 0. The highest BCUT2D eigenvalue weighted by Gasteiger charge is 2.24. The molecule has 2 aromatic carbocycles. The zero-order chi connectivity index (χ0) is 19.4. The first-order valence-electron chi connectivity index (χ1n) is 8.03. The van der Waals surface area contributed by atoms with Crippen LogP contribution in [-0.4, -0.2) is 15.0 Å². The molecule has 3 aromatic rings. The van der Waals surface area contributed by atoms with Gasteiger partial charge in [-0.3, -0.25) is 0 Å². The maximum absolute atomic E-state index is 12.8. The molecule has 0 aliphatic carbocycles. The fraction of sp³-hybridized carbons (Fsp3) is 0.158. The Morgan fingerprint density at radius 3 is 2.11 bits per heavy atom. The second-order valence-electron chi connectivity index (χ2n) is 5.78. The highest BCUT2D eigenvalue weighted by Crippen LogP contribution is 2.28. The third kappa shape index (κ3) is 4.91. The summed E-state index contributed by atoms with van der Waals surface area (Å²) in [7, 11) is -3.75. The van der Waals surface area contributed by atoms with Gasteiger partial charge in [0, 0.05) is 4.88 Å². The van der Waals surface area contributed by atoms with Crippen LogP contribution in [0, 0.1) is 6.92 Å². The number of rotatable bonds is 7. The van der Waals surface area contributed by atoms with Gasteiger partial charge in [-0.2, -0.15) is 13.5 Å². The molecule has 0 amide bonds. The number of nitrogens with one attached hydrogen (secondary N) is 1. The Labute approximate surface area is 160 Å². The third-order valence-electron chi connectivity index (χ3n) is 3.83. The molecule has 142 valence electrons. The lowest BCUT2D eigenvalue weighted by molar-refractivity contribution is -0.0498. The van der Waals surface area contributed by atoms with Gasteiger partial charge in [0.05, 0.1) is 6.04 Å². The number of hydrogen-bond acceptors (Lipinski definition) is 4. The Bertz CT molecular complexity index is 987. The monoisotopic (exact) mass is 409 g/mol. The van der Waals surface area contributed by atoms with Gasteiger partial charge in [0.1, 0.15) is 9.96 Å². The molecule has 1 aromatic heterocycles. The Morgan fingerprint density at radius 2 is 1.56 bits per heavy atom. The van der Waals surface area contributed by atoms with Crippen LogP contribution in [0.5, 0.6) is 5.75 Å². The van der Waals surface area contributed by atoms with Crippen molar-refractivity contribution in [3.05, 3.63) is 82.7 Å². The lowest BCUT2D eigenvalue weighted by Crippen LogP contribution is -2.29. The van der Waals surface area contributed by atoms with E-state index < -0.39 is 22.7 Å². The van der Waals surface area contributed by atoms with Crippen LogP contribution in [0.1, 0.15) is 22.0 Å². The lowest BCUT2D eigenvalue weighted by Gasteiger charge is -2.20. The van der Waals surface area contributed by atoms with Crippen molar-refractivity contribution in [3.63, 3.8) is 0 Å². The fourth-order valence-corrected chi connectivity index (χ4v) is 5.10. The second kappa shape index (κ2) is 8.16. The van der Waals surface area contributed by atoms with Crippen molar-refractivity contribution in [3.8, 4) is 5.75 Å². The number of ether oxygens (including phenoxy) is 1. The van der Waals surface area contributed by atoms with Gasteiger partial charge in [-0.05, 0) is 42.3 Å². The molecular formula is C19H17F2NO3S2. The van der Waals surface area contributed by atoms with Crippen molar-refractivity contribution < 1.29 is 21.9 Å². The largest absolute Gasteiger partial charge is 0.435 e. The van der Waals surface area contributed by atoms with Gasteiger partial charge < -0.3 is 4.74 Å². The highest BCUT2D eigenvalue weighted by atomic mass is 32.2. The van der Waals surface area contributed by atoms with Gasteiger partial charge >= 0.3 is 6.61 Å².